The van der Waals surface area contributed by atoms with Crippen molar-refractivity contribution in [1.29, 1.82) is 0 Å². The van der Waals surface area contributed by atoms with E-state index in [1.165, 1.54) is 10.8 Å². The van der Waals surface area contributed by atoms with Crippen molar-refractivity contribution in [2.45, 2.75) is 0 Å². The molecule has 0 aliphatic heterocycles. The van der Waals surface area contributed by atoms with E-state index >= 15 is 0 Å². The number of hydrogen-bond acceptors (Lipinski definition) is 5. The summed E-state index contributed by atoms with van der Waals surface area (Å²) in [4.78, 5) is 23.6. The maximum atomic E-state index is 5.05. The van der Waals surface area contributed by atoms with Crippen LogP contribution in [0.25, 0.3) is 77.3 Å². The summed E-state index contributed by atoms with van der Waals surface area (Å²) in [5.74, 6) is 1.91. The van der Waals surface area contributed by atoms with Crippen LogP contribution in [-0.4, -0.2) is 24.9 Å². The van der Waals surface area contributed by atoms with Gasteiger partial charge in [-0.25, -0.2) is 15.0 Å². The third-order valence-corrected chi connectivity index (χ3v) is 7.42. The smallest absolute Gasteiger partial charge is 0.164 e. The molecule has 0 spiro atoms. The molecule has 5 nitrogen and oxygen atoms in total. The molecule has 5 aromatic carbocycles. The van der Waals surface area contributed by atoms with Crippen LogP contribution in [0.15, 0.2) is 128 Å². The van der Waals surface area contributed by atoms with Crippen molar-refractivity contribution in [3.63, 3.8) is 0 Å². The van der Waals surface area contributed by atoms with Crippen LogP contribution < -0.4 is 0 Å². The molecule has 40 heavy (non-hydrogen) atoms. The molecule has 0 amide bonds. The van der Waals surface area contributed by atoms with Gasteiger partial charge in [0.1, 0.15) is 0 Å². The van der Waals surface area contributed by atoms with Gasteiger partial charge >= 0.3 is 0 Å². The van der Waals surface area contributed by atoms with Crippen molar-refractivity contribution in [2.75, 3.05) is 0 Å². The second-order valence-corrected chi connectivity index (χ2v) is 9.91. The summed E-state index contributed by atoms with van der Waals surface area (Å²) in [5.41, 5.74) is 2.83. The number of rotatable bonds is 3. The molecule has 0 saturated carbocycles. The van der Waals surface area contributed by atoms with E-state index in [1.807, 2.05) is 24.5 Å². The first-order valence-electron chi connectivity index (χ1n) is 13.1. The first kappa shape index (κ1) is 22.4. The first-order chi connectivity index (χ1) is 19.8. The average Bonchev–Trinajstić information content (AvgIpc) is 3.02. The van der Waals surface area contributed by atoms with Crippen molar-refractivity contribution in [3.05, 3.63) is 128 Å². The lowest BCUT2D eigenvalue weighted by molar-refractivity contribution is 1.08. The summed E-state index contributed by atoms with van der Waals surface area (Å²) in [6.45, 7) is 0. The summed E-state index contributed by atoms with van der Waals surface area (Å²) in [7, 11) is 0. The quantitative estimate of drug-likeness (QED) is 0.223. The minimum Gasteiger partial charge on any atom is -0.264 e. The fourth-order valence-electron chi connectivity index (χ4n) is 5.36. The molecule has 5 heteroatoms. The van der Waals surface area contributed by atoms with Crippen molar-refractivity contribution >= 4 is 43.1 Å². The highest BCUT2D eigenvalue weighted by Gasteiger charge is 2.15. The predicted octanol–water partition coefficient (Wildman–Crippen LogP) is 8.28. The van der Waals surface area contributed by atoms with E-state index in [4.69, 9.17) is 15.0 Å². The molecule has 0 aliphatic rings. The third kappa shape index (κ3) is 3.84. The van der Waals surface area contributed by atoms with Gasteiger partial charge in [0.05, 0.1) is 0 Å². The Morgan fingerprint density at radius 2 is 0.925 bits per heavy atom. The maximum Gasteiger partial charge on any atom is 0.164 e. The van der Waals surface area contributed by atoms with Crippen LogP contribution in [0.2, 0.25) is 0 Å². The van der Waals surface area contributed by atoms with E-state index in [9.17, 15) is 0 Å². The zero-order chi connectivity index (χ0) is 26.5. The third-order valence-electron chi connectivity index (χ3n) is 7.42. The van der Waals surface area contributed by atoms with E-state index in [2.05, 4.69) is 101 Å². The summed E-state index contributed by atoms with van der Waals surface area (Å²) >= 11 is 0. The number of hydrogen-bond donors (Lipinski definition) is 0. The zero-order valence-electron chi connectivity index (χ0n) is 21.4. The van der Waals surface area contributed by atoms with Crippen LogP contribution in [0.4, 0.5) is 0 Å². The fourth-order valence-corrected chi connectivity index (χ4v) is 5.36. The highest BCUT2D eigenvalue weighted by Crippen LogP contribution is 2.33. The Morgan fingerprint density at radius 1 is 0.375 bits per heavy atom. The normalized spacial score (nSPS) is 11.5. The number of nitrogens with zero attached hydrogens (tertiary/aromatic N) is 5. The largest absolute Gasteiger partial charge is 0.264 e. The minimum atomic E-state index is 0.631. The van der Waals surface area contributed by atoms with Gasteiger partial charge in [0.15, 0.2) is 17.5 Å². The topological polar surface area (TPSA) is 64.5 Å². The number of fused-ring (bicyclic) bond motifs is 4. The fraction of sp³-hybridized carbons (Fsp3) is 0. The van der Waals surface area contributed by atoms with Crippen molar-refractivity contribution in [1.82, 2.24) is 24.9 Å². The molecular weight excluding hydrogens is 490 g/mol. The zero-order valence-corrected chi connectivity index (χ0v) is 21.4. The number of aromatic nitrogens is 5. The number of benzene rings is 5. The molecule has 0 radical (unpaired) electrons. The molecule has 3 heterocycles. The highest BCUT2D eigenvalue weighted by molar-refractivity contribution is 6.04. The summed E-state index contributed by atoms with van der Waals surface area (Å²) < 4.78 is 0. The van der Waals surface area contributed by atoms with E-state index in [0.29, 0.717) is 17.5 Å². The van der Waals surface area contributed by atoms with Gasteiger partial charge < -0.3 is 0 Å². The van der Waals surface area contributed by atoms with Crippen LogP contribution in [0.5, 0.6) is 0 Å². The second kappa shape index (κ2) is 9.03. The molecule has 3 aromatic heterocycles. The molecule has 186 valence electrons. The van der Waals surface area contributed by atoms with E-state index in [-0.39, 0.29) is 0 Å². The minimum absolute atomic E-state index is 0.631. The summed E-state index contributed by atoms with van der Waals surface area (Å²) in [6, 6.07) is 35.7. The Kier molecular flexibility index (Phi) is 5.07. The van der Waals surface area contributed by atoms with Crippen LogP contribution in [0, 0.1) is 0 Å². The van der Waals surface area contributed by atoms with E-state index in [0.717, 1.165) is 49.0 Å². The predicted molar refractivity (Wildman–Crippen MR) is 162 cm³/mol. The molecule has 8 aromatic rings. The van der Waals surface area contributed by atoms with Gasteiger partial charge in [-0.1, -0.05) is 66.7 Å². The molecule has 0 N–H and O–H groups in total. The van der Waals surface area contributed by atoms with E-state index < -0.39 is 0 Å². The van der Waals surface area contributed by atoms with Gasteiger partial charge in [0, 0.05) is 52.3 Å². The lowest BCUT2D eigenvalue weighted by Gasteiger charge is -2.12. The molecule has 0 aliphatic carbocycles. The Morgan fingerprint density at radius 3 is 1.57 bits per heavy atom. The highest BCUT2D eigenvalue weighted by atomic mass is 15.0. The van der Waals surface area contributed by atoms with Crippen molar-refractivity contribution < 1.29 is 0 Å². The molecule has 0 bridgehead atoms. The van der Waals surface area contributed by atoms with Gasteiger partial charge in [-0.2, -0.15) is 0 Å². The van der Waals surface area contributed by atoms with Gasteiger partial charge in [-0.15, -0.1) is 0 Å². The maximum absolute atomic E-state index is 5.05. The van der Waals surface area contributed by atoms with Crippen LogP contribution in [-0.2, 0) is 0 Å². The SMILES string of the molecule is c1ccc2cc3c(-c4nc(-c5ccc6cnccc6c5)nc(-c5ccc6cnccc6c5)n4)cccc3cc2c1. The van der Waals surface area contributed by atoms with Gasteiger partial charge in [0.2, 0.25) is 0 Å². The first-order valence-corrected chi connectivity index (χ1v) is 13.1. The molecule has 0 atom stereocenters. The Hall–Kier alpha value is -5.55. The lowest BCUT2D eigenvalue weighted by Crippen LogP contribution is -2.00. The Labute approximate surface area is 229 Å². The molecule has 0 unspecified atom stereocenters. The van der Waals surface area contributed by atoms with Crippen molar-refractivity contribution in [2.24, 2.45) is 0 Å². The lowest BCUT2D eigenvalue weighted by atomic mass is 9.99. The van der Waals surface area contributed by atoms with Crippen LogP contribution in [0.1, 0.15) is 0 Å². The molecule has 0 saturated heterocycles. The van der Waals surface area contributed by atoms with Crippen molar-refractivity contribution in [3.8, 4) is 34.2 Å². The van der Waals surface area contributed by atoms with Gasteiger partial charge in [-0.3, -0.25) is 9.97 Å². The number of pyridine rings is 2. The van der Waals surface area contributed by atoms with Gasteiger partial charge in [0.25, 0.3) is 0 Å². The Bertz CT molecular complexity index is 2140. The van der Waals surface area contributed by atoms with Gasteiger partial charge in [-0.05, 0) is 68.7 Å². The second-order valence-electron chi connectivity index (χ2n) is 9.91. The van der Waals surface area contributed by atoms with Crippen LogP contribution >= 0.6 is 0 Å². The van der Waals surface area contributed by atoms with Crippen LogP contribution in [0.3, 0.4) is 0 Å². The molecule has 8 rings (SSSR count). The summed E-state index contributed by atoms with van der Waals surface area (Å²) in [5, 5.41) is 8.98. The standard InChI is InChI=1S/C35H21N5/c1-2-5-23-19-32-26(16-22(23)4-1)6-3-7-31(32)35-39-33(27-8-10-29-20-36-14-12-24(29)17-27)38-34(40-35)28-9-11-30-21-37-15-13-25(30)18-28/h1-21H. The average molecular weight is 512 g/mol. The summed E-state index contributed by atoms with van der Waals surface area (Å²) in [6.07, 6.45) is 7.35. The van der Waals surface area contributed by atoms with E-state index in [1.54, 1.807) is 12.4 Å². The Balaban J connectivity index is 1.39. The molecule has 0 fully saturated rings. The molecular formula is C35H21N5. The monoisotopic (exact) mass is 511 g/mol.